The second-order valence-corrected chi connectivity index (χ2v) is 4.36. The van der Waals surface area contributed by atoms with Gasteiger partial charge in [-0.1, -0.05) is 32.0 Å². The second kappa shape index (κ2) is 6.35. The van der Waals surface area contributed by atoms with Crippen molar-refractivity contribution in [2.45, 2.75) is 32.3 Å². The lowest BCUT2D eigenvalue weighted by molar-refractivity contribution is -0.156. The topological polar surface area (TPSA) is 52.6 Å². The molecule has 0 radical (unpaired) electrons. The Kier molecular flexibility index (Phi) is 5.09. The minimum atomic E-state index is -1.16. The molecule has 0 saturated heterocycles. The molecule has 0 fully saturated rings. The number of hydrogen-bond donors (Lipinski definition) is 0. The van der Waals surface area contributed by atoms with E-state index in [1.165, 1.54) is 0 Å². The van der Waals surface area contributed by atoms with Crippen molar-refractivity contribution in [3.05, 3.63) is 35.9 Å². The lowest BCUT2D eigenvalue weighted by Gasteiger charge is -2.28. The zero-order chi connectivity index (χ0) is 13.6. The number of benzene rings is 1. The summed E-state index contributed by atoms with van der Waals surface area (Å²) < 4.78 is 10.2. The Balaban J connectivity index is 2.92. The molecule has 1 aromatic rings. The highest BCUT2D eigenvalue weighted by atomic mass is 28.2. The molecule has 0 amide bonds. The third kappa shape index (κ3) is 2.98. The number of rotatable bonds is 5. The van der Waals surface area contributed by atoms with Crippen LogP contribution in [0.5, 0.6) is 0 Å². The van der Waals surface area contributed by atoms with Crippen molar-refractivity contribution < 1.29 is 18.8 Å². The summed E-state index contributed by atoms with van der Waals surface area (Å²) in [5, 5.41) is 0. The van der Waals surface area contributed by atoms with Gasteiger partial charge >= 0.3 is 11.9 Å². The monoisotopic (exact) mass is 266 g/mol. The summed E-state index contributed by atoms with van der Waals surface area (Å²) in [7, 11) is 0.293. The number of ether oxygens (including phenoxy) is 1. The number of carbonyl (C=O) groups is 2. The predicted molar refractivity (Wildman–Crippen MR) is 71.2 cm³/mol. The van der Waals surface area contributed by atoms with E-state index in [0.29, 0.717) is 28.9 Å². The molecule has 0 spiro atoms. The molecule has 4 nitrogen and oxygen atoms in total. The number of esters is 1. The molecule has 1 rings (SSSR count). The van der Waals surface area contributed by atoms with Crippen molar-refractivity contribution in [3.8, 4) is 0 Å². The van der Waals surface area contributed by atoms with Gasteiger partial charge in [0, 0.05) is 0 Å². The average molecular weight is 266 g/mol. The Hall–Kier alpha value is -1.62. The van der Waals surface area contributed by atoms with E-state index < -0.39 is 17.5 Å². The minimum Gasteiger partial charge on any atom is -0.526 e. The van der Waals surface area contributed by atoms with Gasteiger partial charge in [0.15, 0.2) is 0 Å². The molecule has 0 bridgehead atoms. The Morgan fingerprint density at radius 3 is 2.17 bits per heavy atom. The van der Waals surface area contributed by atoms with Crippen LogP contribution in [0.25, 0.3) is 0 Å². The summed E-state index contributed by atoms with van der Waals surface area (Å²) in [6, 6.07) is 8.63. The standard InChI is InChI=1S/C13H18O4Si/c1-3-13(4-2,12(15)17-18)16-11(14)10-8-6-5-7-9-10/h5-9H,3-4H2,1-2,18H3. The third-order valence-corrected chi connectivity index (χ3v) is 3.37. The fraction of sp³-hybridized carbons (Fsp3) is 0.385. The van der Waals surface area contributed by atoms with Crippen LogP contribution in [0.3, 0.4) is 0 Å². The molecule has 0 atom stereocenters. The molecule has 0 aromatic heterocycles. The van der Waals surface area contributed by atoms with Crippen molar-refractivity contribution in [1.82, 2.24) is 0 Å². The van der Waals surface area contributed by atoms with E-state index in [2.05, 4.69) is 0 Å². The van der Waals surface area contributed by atoms with Crippen molar-refractivity contribution >= 4 is 22.4 Å². The second-order valence-electron chi connectivity index (χ2n) is 3.95. The maximum atomic E-state index is 12.0. The Morgan fingerprint density at radius 1 is 1.17 bits per heavy atom. The molecule has 0 unspecified atom stereocenters. The summed E-state index contributed by atoms with van der Waals surface area (Å²) in [6.45, 7) is 3.61. The summed E-state index contributed by atoms with van der Waals surface area (Å²) in [6.07, 6.45) is 0.812. The lowest BCUT2D eigenvalue weighted by atomic mass is 9.97. The van der Waals surface area contributed by atoms with Crippen LogP contribution in [-0.4, -0.2) is 28.0 Å². The van der Waals surface area contributed by atoms with Crippen molar-refractivity contribution in [2.75, 3.05) is 0 Å². The van der Waals surface area contributed by atoms with Crippen LogP contribution >= 0.6 is 0 Å². The molecule has 18 heavy (non-hydrogen) atoms. The molecule has 0 aliphatic carbocycles. The SMILES string of the molecule is CCC(CC)(OC(=O)c1ccccc1)C(=O)O[SiH3]. The van der Waals surface area contributed by atoms with Crippen LogP contribution in [0.4, 0.5) is 0 Å². The number of carbonyl (C=O) groups excluding carboxylic acids is 2. The van der Waals surface area contributed by atoms with Gasteiger partial charge in [-0.3, -0.25) is 0 Å². The van der Waals surface area contributed by atoms with E-state index >= 15 is 0 Å². The summed E-state index contributed by atoms with van der Waals surface area (Å²) >= 11 is 0. The van der Waals surface area contributed by atoms with Gasteiger partial charge in [-0.2, -0.15) is 0 Å². The van der Waals surface area contributed by atoms with E-state index in [4.69, 9.17) is 9.16 Å². The zero-order valence-electron chi connectivity index (χ0n) is 10.9. The molecule has 0 aliphatic rings. The van der Waals surface area contributed by atoms with Crippen LogP contribution in [0.1, 0.15) is 37.0 Å². The maximum Gasteiger partial charge on any atom is 0.339 e. The first-order chi connectivity index (χ1) is 8.59. The Morgan fingerprint density at radius 2 is 1.72 bits per heavy atom. The van der Waals surface area contributed by atoms with Gasteiger partial charge in [0.05, 0.1) is 5.56 Å². The first-order valence-corrected chi connectivity index (χ1v) is 6.78. The van der Waals surface area contributed by atoms with E-state index in [1.807, 2.05) is 6.07 Å². The molecular formula is C13H18O4Si. The Bertz CT molecular complexity index is 412. The number of hydrogen-bond acceptors (Lipinski definition) is 4. The van der Waals surface area contributed by atoms with Crippen molar-refractivity contribution in [1.29, 1.82) is 0 Å². The normalized spacial score (nSPS) is 11.0. The maximum absolute atomic E-state index is 12.0. The van der Waals surface area contributed by atoms with E-state index in [9.17, 15) is 9.59 Å². The lowest BCUT2D eigenvalue weighted by Crippen LogP contribution is -2.43. The van der Waals surface area contributed by atoms with Crippen LogP contribution in [0, 0.1) is 0 Å². The van der Waals surface area contributed by atoms with Gasteiger partial charge in [-0.15, -0.1) is 0 Å². The van der Waals surface area contributed by atoms with Gasteiger partial charge in [0.2, 0.25) is 16.1 Å². The molecule has 0 saturated carbocycles. The molecule has 5 heteroatoms. The molecule has 1 aromatic carbocycles. The van der Waals surface area contributed by atoms with Gasteiger partial charge in [-0.05, 0) is 25.0 Å². The van der Waals surface area contributed by atoms with Gasteiger partial charge in [0.1, 0.15) is 0 Å². The molecule has 0 aliphatic heterocycles. The zero-order valence-corrected chi connectivity index (χ0v) is 12.9. The minimum absolute atomic E-state index is 0.293. The fourth-order valence-electron chi connectivity index (χ4n) is 1.72. The highest BCUT2D eigenvalue weighted by molar-refractivity contribution is 6.07. The molecular weight excluding hydrogens is 248 g/mol. The largest absolute Gasteiger partial charge is 0.526 e. The first-order valence-electron chi connectivity index (χ1n) is 5.96. The molecule has 0 heterocycles. The van der Waals surface area contributed by atoms with Gasteiger partial charge < -0.3 is 9.16 Å². The molecule has 98 valence electrons. The summed E-state index contributed by atoms with van der Waals surface area (Å²) in [5.41, 5.74) is -0.723. The summed E-state index contributed by atoms with van der Waals surface area (Å²) in [4.78, 5) is 23.8. The average Bonchev–Trinajstić information content (AvgIpc) is 2.44. The van der Waals surface area contributed by atoms with Crippen molar-refractivity contribution in [2.24, 2.45) is 0 Å². The summed E-state index contributed by atoms with van der Waals surface area (Å²) in [5.74, 6) is -0.949. The Labute approximate surface area is 110 Å². The van der Waals surface area contributed by atoms with E-state index in [1.54, 1.807) is 38.1 Å². The van der Waals surface area contributed by atoms with Crippen LogP contribution in [0.15, 0.2) is 30.3 Å². The molecule has 0 N–H and O–H groups in total. The highest BCUT2D eigenvalue weighted by Gasteiger charge is 2.40. The van der Waals surface area contributed by atoms with Gasteiger partial charge in [-0.25, -0.2) is 9.59 Å². The van der Waals surface area contributed by atoms with E-state index in [-0.39, 0.29) is 0 Å². The van der Waals surface area contributed by atoms with Crippen LogP contribution in [-0.2, 0) is 14.0 Å². The smallest absolute Gasteiger partial charge is 0.339 e. The van der Waals surface area contributed by atoms with E-state index in [0.717, 1.165) is 0 Å². The predicted octanol–water partition coefficient (Wildman–Crippen LogP) is 1.23. The van der Waals surface area contributed by atoms with Gasteiger partial charge in [0.25, 0.3) is 0 Å². The van der Waals surface area contributed by atoms with Crippen LogP contribution in [0.2, 0.25) is 0 Å². The quantitative estimate of drug-likeness (QED) is 0.594. The highest BCUT2D eigenvalue weighted by Crippen LogP contribution is 2.24. The third-order valence-electron chi connectivity index (χ3n) is 3.00. The van der Waals surface area contributed by atoms with Crippen LogP contribution < -0.4 is 0 Å². The van der Waals surface area contributed by atoms with Crippen molar-refractivity contribution in [3.63, 3.8) is 0 Å². The first kappa shape index (κ1) is 14.4. The fourth-order valence-corrected chi connectivity index (χ4v) is 2.09.